The van der Waals surface area contributed by atoms with Gasteiger partial charge < -0.3 is 9.47 Å². The number of nitrogens with zero attached hydrogens (tertiary/aromatic N) is 3. The molecule has 1 aliphatic rings. The molecule has 3 nitrogen and oxygen atoms in total. The highest BCUT2D eigenvalue weighted by atomic mass is 15.3. The molecule has 0 radical (unpaired) electrons. The predicted octanol–water partition coefficient (Wildman–Crippen LogP) is 1.25. The highest BCUT2D eigenvalue weighted by Crippen LogP contribution is 2.02. The van der Waals surface area contributed by atoms with E-state index in [1.807, 2.05) is 6.20 Å². The summed E-state index contributed by atoms with van der Waals surface area (Å²) < 4.78 is 2.24. The van der Waals surface area contributed by atoms with Gasteiger partial charge >= 0.3 is 0 Å². The number of piperazine rings is 1. The Bertz CT molecular complexity index is 284. The van der Waals surface area contributed by atoms with Crippen molar-refractivity contribution in [2.24, 2.45) is 0 Å². The number of hydrogen-bond acceptors (Lipinski definition) is 2. The fraction of sp³-hybridized carbons (Fsp3) is 0.500. The van der Waals surface area contributed by atoms with Crippen molar-refractivity contribution >= 4 is 0 Å². The van der Waals surface area contributed by atoms with Crippen LogP contribution in [0.1, 0.15) is 0 Å². The van der Waals surface area contributed by atoms with E-state index < -0.39 is 0 Å². The molecule has 1 aromatic rings. The molecule has 0 bridgehead atoms. The van der Waals surface area contributed by atoms with Crippen LogP contribution in [0.2, 0.25) is 0 Å². The largest absolute Gasteiger partial charge is 0.375 e. The van der Waals surface area contributed by atoms with Crippen LogP contribution in [0.4, 0.5) is 0 Å². The third-order valence-electron chi connectivity index (χ3n) is 3.01. The lowest BCUT2D eigenvalue weighted by molar-refractivity contribution is 0.164. The second-order valence-electron chi connectivity index (χ2n) is 3.98. The van der Waals surface area contributed by atoms with Crippen molar-refractivity contribution in [1.82, 2.24) is 14.4 Å². The Morgan fingerprint density at radius 2 is 1.67 bits per heavy atom. The van der Waals surface area contributed by atoms with Crippen LogP contribution in [-0.2, 0) is 6.54 Å². The van der Waals surface area contributed by atoms with E-state index in [9.17, 15) is 0 Å². The zero-order valence-corrected chi connectivity index (χ0v) is 9.18. The Hall–Kier alpha value is -1.22. The summed E-state index contributed by atoms with van der Waals surface area (Å²) >= 11 is 0. The molecular weight excluding hydrogens is 186 g/mol. The fourth-order valence-electron chi connectivity index (χ4n) is 1.95. The molecule has 3 heteroatoms. The lowest BCUT2D eigenvalue weighted by Gasteiger charge is -2.33. The summed E-state index contributed by atoms with van der Waals surface area (Å²) in [7, 11) is 0. The summed E-state index contributed by atoms with van der Waals surface area (Å²) in [5, 5.41) is 0. The SMILES string of the molecule is C=CN1CCN(CCn2cccc2)CC1. The Labute approximate surface area is 91.6 Å². The minimum absolute atomic E-state index is 1.10. The van der Waals surface area contributed by atoms with Crippen LogP contribution in [0.25, 0.3) is 0 Å². The maximum atomic E-state index is 3.80. The maximum Gasteiger partial charge on any atom is 0.0347 e. The van der Waals surface area contributed by atoms with Gasteiger partial charge in [-0.2, -0.15) is 0 Å². The van der Waals surface area contributed by atoms with E-state index in [4.69, 9.17) is 0 Å². The molecule has 1 saturated heterocycles. The van der Waals surface area contributed by atoms with Crippen molar-refractivity contribution in [3.63, 3.8) is 0 Å². The molecule has 15 heavy (non-hydrogen) atoms. The van der Waals surface area contributed by atoms with Gasteiger partial charge in [0.1, 0.15) is 0 Å². The fourth-order valence-corrected chi connectivity index (χ4v) is 1.95. The Morgan fingerprint density at radius 1 is 1.00 bits per heavy atom. The molecule has 0 aromatic carbocycles. The molecular formula is C12H19N3. The van der Waals surface area contributed by atoms with Gasteiger partial charge in [-0.25, -0.2) is 0 Å². The normalized spacial score (nSPS) is 18.0. The van der Waals surface area contributed by atoms with Crippen molar-refractivity contribution in [3.8, 4) is 0 Å². The van der Waals surface area contributed by atoms with Crippen LogP contribution in [0, 0.1) is 0 Å². The average Bonchev–Trinajstić information content (AvgIpc) is 2.80. The molecule has 0 atom stereocenters. The summed E-state index contributed by atoms with van der Waals surface area (Å²) in [6, 6.07) is 4.16. The van der Waals surface area contributed by atoms with Crippen LogP contribution in [0.15, 0.2) is 37.3 Å². The van der Waals surface area contributed by atoms with Gasteiger partial charge in [-0.1, -0.05) is 6.58 Å². The molecule has 0 aliphatic carbocycles. The molecule has 0 spiro atoms. The number of rotatable bonds is 4. The van der Waals surface area contributed by atoms with E-state index in [2.05, 4.69) is 45.5 Å². The van der Waals surface area contributed by atoms with Gasteiger partial charge in [-0.15, -0.1) is 0 Å². The summed E-state index contributed by atoms with van der Waals surface area (Å²) in [5.41, 5.74) is 0. The van der Waals surface area contributed by atoms with Crippen molar-refractivity contribution in [3.05, 3.63) is 37.3 Å². The minimum atomic E-state index is 1.10. The van der Waals surface area contributed by atoms with Crippen LogP contribution in [0.3, 0.4) is 0 Å². The molecule has 2 rings (SSSR count). The Kier molecular flexibility index (Phi) is 3.45. The Morgan fingerprint density at radius 3 is 2.27 bits per heavy atom. The lowest BCUT2D eigenvalue weighted by Crippen LogP contribution is -2.44. The Balaban J connectivity index is 1.71. The molecule has 2 heterocycles. The van der Waals surface area contributed by atoms with Crippen molar-refractivity contribution in [1.29, 1.82) is 0 Å². The van der Waals surface area contributed by atoms with Gasteiger partial charge in [0.05, 0.1) is 0 Å². The van der Waals surface area contributed by atoms with Crippen LogP contribution in [-0.4, -0.2) is 47.1 Å². The quantitative estimate of drug-likeness (QED) is 0.733. The first-order chi connectivity index (χ1) is 7.38. The highest BCUT2D eigenvalue weighted by Gasteiger charge is 2.13. The number of aromatic nitrogens is 1. The molecule has 82 valence electrons. The van der Waals surface area contributed by atoms with Crippen molar-refractivity contribution < 1.29 is 0 Å². The van der Waals surface area contributed by atoms with E-state index in [0.29, 0.717) is 0 Å². The van der Waals surface area contributed by atoms with E-state index >= 15 is 0 Å². The molecule has 0 unspecified atom stereocenters. The number of hydrogen-bond donors (Lipinski definition) is 0. The summed E-state index contributed by atoms with van der Waals surface area (Å²) in [5.74, 6) is 0. The third kappa shape index (κ3) is 2.86. The van der Waals surface area contributed by atoms with E-state index in [-0.39, 0.29) is 0 Å². The minimum Gasteiger partial charge on any atom is -0.375 e. The smallest absolute Gasteiger partial charge is 0.0347 e. The first-order valence-electron chi connectivity index (χ1n) is 5.58. The summed E-state index contributed by atoms with van der Waals surface area (Å²) in [4.78, 5) is 4.80. The topological polar surface area (TPSA) is 11.4 Å². The summed E-state index contributed by atoms with van der Waals surface area (Å²) in [6.07, 6.45) is 6.20. The summed E-state index contributed by atoms with van der Waals surface area (Å²) in [6.45, 7) is 10.6. The molecule has 0 saturated carbocycles. The molecule has 1 aliphatic heterocycles. The first kappa shape index (κ1) is 10.3. The zero-order valence-electron chi connectivity index (χ0n) is 9.18. The van der Waals surface area contributed by atoms with Gasteiger partial charge in [0.2, 0.25) is 0 Å². The lowest BCUT2D eigenvalue weighted by atomic mass is 10.3. The monoisotopic (exact) mass is 205 g/mol. The van der Waals surface area contributed by atoms with Gasteiger partial charge in [0.25, 0.3) is 0 Å². The molecule has 0 N–H and O–H groups in total. The van der Waals surface area contributed by atoms with Crippen molar-refractivity contribution in [2.45, 2.75) is 6.54 Å². The maximum absolute atomic E-state index is 3.80. The van der Waals surface area contributed by atoms with E-state index in [1.54, 1.807) is 0 Å². The van der Waals surface area contributed by atoms with Crippen LogP contribution < -0.4 is 0 Å². The molecule has 1 aromatic heterocycles. The molecule has 1 fully saturated rings. The van der Waals surface area contributed by atoms with E-state index in [0.717, 1.165) is 39.3 Å². The average molecular weight is 205 g/mol. The standard InChI is InChI=1S/C12H19N3/c1-2-13-7-9-15(10-8-13)12-11-14-5-3-4-6-14/h2-6H,1,7-12H2. The van der Waals surface area contributed by atoms with Gasteiger partial charge in [0.15, 0.2) is 0 Å². The molecule has 0 amide bonds. The van der Waals surface area contributed by atoms with Crippen LogP contribution >= 0.6 is 0 Å². The van der Waals surface area contributed by atoms with Crippen LogP contribution in [0.5, 0.6) is 0 Å². The third-order valence-corrected chi connectivity index (χ3v) is 3.01. The van der Waals surface area contributed by atoms with Crippen molar-refractivity contribution in [2.75, 3.05) is 32.7 Å². The highest BCUT2D eigenvalue weighted by molar-refractivity contribution is 4.90. The first-order valence-corrected chi connectivity index (χ1v) is 5.58. The van der Waals surface area contributed by atoms with E-state index in [1.165, 1.54) is 0 Å². The zero-order chi connectivity index (χ0) is 10.5. The predicted molar refractivity (Wildman–Crippen MR) is 62.6 cm³/mol. The van der Waals surface area contributed by atoms with Gasteiger partial charge in [-0.05, 0) is 18.3 Å². The second-order valence-corrected chi connectivity index (χ2v) is 3.98. The van der Waals surface area contributed by atoms with Gasteiger partial charge in [0, 0.05) is 51.7 Å². The second kappa shape index (κ2) is 5.03. The van der Waals surface area contributed by atoms with Gasteiger partial charge in [-0.3, -0.25) is 4.90 Å².